The van der Waals surface area contributed by atoms with Crippen LogP contribution in [0.4, 0.5) is 37.3 Å². The molecule has 4 fully saturated rings. The molecule has 3 saturated heterocycles. The number of hydrogen-bond donors (Lipinski definition) is 5. The van der Waals surface area contributed by atoms with Gasteiger partial charge in [-0.1, -0.05) is 30.7 Å². The van der Waals surface area contributed by atoms with Gasteiger partial charge in [-0.15, -0.1) is 10.2 Å². The summed E-state index contributed by atoms with van der Waals surface area (Å²) in [5.74, 6) is -1.63. The maximum absolute atomic E-state index is 13.6. The zero-order valence-electron chi connectivity index (χ0n) is 46.4. The van der Waals surface area contributed by atoms with Gasteiger partial charge in [0, 0.05) is 100 Å². The molecule has 25 heteroatoms. The number of hydrogen-bond acceptors (Lipinski definition) is 18. The average Bonchev–Trinajstić information content (AvgIpc) is 3.67. The molecule has 2 aromatic carbocycles. The van der Waals surface area contributed by atoms with E-state index < -0.39 is 47.0 Å². The Hall–Kier alpha value is -7.39. The first-order valence-electron chi connectivity index (χ1n) is 26.7. The number of aromatic nitrogens is 3. The van der Waals surface area contributed by atoms with Crippen molar-refractivity contribution in [1.29, 1.82) is 0 Å². The van der Waals surface area contributed by atoms with Gasteiger partial charge in [-0.3, -0.25) is 19.8 Å². The fraction of sp³-hybridized carbons (Fsp3) is 0.509. The molecule has 2 bridgehead atoms. The smallest absolute Gasteiger partial charge is 0.549 e. The van der Waals surface area contributed by atoms with Crippen molar-refractivity contribution >= 4 is 58.9 Å². The van der Waals surface area contributed by atoms with E-state index >= 15 is 0 Å². The Labute approximate surface area is 477 Å². The maximum atomic E-state index is 13.6. The second-order valence-electron chi connectivity index (χ2n) is 21.3. The minimum atomic E-state index is -1.70. The number of nitrogens with one attached hydrogen (secondary N) is 4. The van der Waals surface area contributed by atoms with Crippen molar-refractivity contribution in [3.8, 4) is 22.9 Å². The number of benzene rings is 2. The van der Waals surface area contributed by atoms with Gasteiger partial charge in [0.15, 0.2) is 12.6 Å². The van der Waals surface area contributed by atoms with Crippen LogP contribution in [0.25, 0.3) is 11.3 Å². The van der Waals surface area contributed by atoms with Crippen molar-refractivity contribution in [3.63, 3.8) is 0 Å². The van der Waals surface area contributed by atoms with Crippen molar-refractivity contribution < 1.29 is 76.4 Å². The number of nitrogens with zero attached hydrogens (tertiary/aromatic N) is 7. The summed E-state index contributed by atoms with van der Waals surface area (Å²) < 4.78 is 28.6. The van der Waals surface area contributed by atoms with Gasteiger partial charge in [0.05, 0.1) is 22.8 Å². The number of carboxylic acids is 1. The summed E-state index contributed by atoms with van der Waals surface area (Å²) in [4.78, 5) is 89.2. The largest absolute Gasteiger partial charge is 1.00 e. The Bertz CT molecular complexity index is 2810. The number of amides is 6. The predicted octanol–water partition coefficient (Wildman–Crippen LogP) is 1.24. The molecule has 5 heterocycles. The summed E-state index contributed by atoms with van der Waals surface area (Å²) in [5.41, 5.74) is 6.71. The standard InChI is InChI=1S/C55H72N12O12.Li/c1-35-30-65(53(74)79-54(2,3)4)25-24-64(35)26-27-76-46-28-38(19-23-57-46)67-39-17-18-40(67)32-66(31-39)44-29-43(41-10-6-7-12-45(41)78-34-75-5)62-63-47(44)61-52(73)77-33-36-13-15-37(16-14-36)59-48(68)42(11-8-22-58-51(56)72)60-49(69)55(50(70)71)20-9-21-55;/h6-7,10,12-16,19,23,28-29,35,39-40,42H,8-9,11,17-18,20-22,24-27,30-34H2,1-5H3,(H,59,68)(H,60,69)(H,70,71)(H3,56,58,72)(H,61,63,73);/q;+1/p-1/t35-,39?,40?,42+;/m1./s1. The number of urea groups is 1. The average molecular weight is 1100 g/mol. The minimum Gasteiger partial charge on any atom is -0.549 e. The van der Waals surface area contributed by atoms with E-state index in [2.05, 4.69) is 58.1 Å². The molecule has 8 rings (SSSR count). The Balaban J connectivity index is 0.00000924. The Kier molecular flexibility index (Phi) is 20.5. The van der Waals surface area contributed by atoms with E-state index in [-0.39, 0.29) is 94.5 Å². The molecule has 1 saturated carbocycles. The Morgan fingerprint density at radius 3 is 2.31 bits per heavy atom. The molecular weight excluding hydrogens is 1030 g/mol. The van der Waals surface area contributed by atoms with Crippen LogP contribution in [0.5, 0.6) is 11.6 Å². The molecule has 3 aliphatic heterocycles. The summed E-state index contributed by atoms with van der Waals surface area (Å²) in [7, 11) is 1.54. The van der Waals surface area contributed by atoms with Gasteiger partial charge in [0.25, 0.3) is 0 Å². The number of nitrogens with two attached hydrogens (primary N) is 1. The Morgan fingerprint density at radius 2 is 1.65 bits per heavy atom. The van der Waals surface area contributed by atoms with Gasteiger partial charge in [-0.2, -0.15) is 0 Å². The maximum Gasteiger partial charge on any atom is 1.00 e. The molecule has 424 valence electrons. The van der Waals surface area contributed by atoms with Crippen molar-refractivity contribution in [2.24, 2.45) is 11.1 Å². The quantitative estimate of drug-likeness (QED) is 0.0320. The molecule has 4 aromatic rings. The normalized spacial score (nSPS) is 18.8. The topological polar surface area (TPSA) is 297 Å². The van der Waals surface area contributed by atoms with E-state index in [1.54, 1.807) is 42.5 Å². The first-order chi connectivity index (χ1) is 37.9. The van der Waals surface area contributed by atoms with Gasteiger partial charge in [-0.05, 0) is 108 Å². The molecule has 6 N–H and O–H groups in total. The second-order valence-corrected chi connectivity index (χ2v) is 21.3. The number of anilines is 4. The van der Waals surface area contributed by atoms with Crippen molar-refractivity contribution in [1.82, 2.24) is 35.6 Å². The van der Waals surface area contributed by atoms with Crippen molar-refractivity contribution in [3.05, 3.63) is 78.5 Å². The number of piperazine rings is 2. The van der Waals surface area contributed by atoms with E-state index in [9.17, 15) is 33.9 Å². The van der Waals surface area contributed by atoms with Gasteiger partial charge >= 0.3 is 37.1 Å². The first-order valence-corrected chi connectivity index (χ1v) is 26.7. The van der Waals surface area contributed by atoms with Crippen LogP contribution in [0, 0.1) is 5.41 Å². The third-order valence-corrected chi connectivity index (χ3v) is 14.6. The van der Waals surface area contributed by atoms with E-state index in [1.165, 1.54) is 0 Å². The van der Waals surface area contributed by atoms with Crippen LogP contribution < -0.4 is 70.2 Å². The van der Waals surface area contributed by atoms with Crippen LogP contribution in [-0.4, -0.2) is 157 Å². The molecule has 6 amide bonds. The molecule has 80 heavy (non-hydrogen) atoms. The number of methoxy groups -OCH3 is 1. The number of pyridine rings is 1. The third kappa shape index (κ3) is 15.3. The van der Waals surface area contributed by atoms with Crippen LogP contribution in [0.1, 0.15) is 78.2 Å². The number of carbonyl (C=O) groups is 6. The Morgan fingerprint density at radius 1 is 0.912 bits per heavy atom. The molecule has 0 spiro atoms. The van der Waals surface area contributed by atoms with Crippen LogP contribution in [0.3, 0.4) is 0 Å². The molecule has 0 radical (unpaired) electrons. The van der Waals surface area contributed by atoms with Crippen molar-refractivity contribution in [2.45, 2.75) is 109 Å². The fourth-order valence-corrected chi connectivity index (χ4v) is 10.3. The van der Waals surface area contributed by atoms with E-state index in [0.717, 1.165) is 18.5 Å². The number of ether oxygens (including phenoxy) is 5. The third-order valence-electron chi connectivity index (χ3n) is 14.6. The summed E-state index contributed by atoms with van der Waals surface area (Å²) in [6, 6.07) is 18.3. The zero-order chi connectivity index (χ0) is 56.3. The molecule has 1 aliphatic carbocycles. The van der Waals surface area contributed by atoms with Gasteiger partial charge in [-0.25, -0.2) is 19.4 Å². The number of rotatable bonds is 22. The zero-order valence-corrected chi connectivity index (χ0v) is 46.4. The van der Waals surface area contributed by atoms with Crippen LogP contribution >= 0.6 is 0 Å². The van der Waals surface area contributed by atoms with Crippen molar-refractivity contribution in [2.75, 3.05) is 86.8 Å². The molecule has 2 unspecified atom stereocenters. The van der Waals surface area contributed by atoms with E-state index in [4.69, 9.17) is 29.4 Å². The second kappa shape index (κ2) is 27.2. The summed E-state index contributed by atoms with van der Waals surface area (Å²) >= 11 is 0. The monoisotopic (exact) mass is 1100 g/mol. The molecule has 24 nitrogen and oxygen atoms in total. The molecule has 4 atom stereocenters. The number of carboxylic acid groups (broad SMARTS) is 1. The SMILES string of the molecule is COCOc1ccccc1-c1cc(N2CC3CCC(C2)N3c2ccnc(OCCN3CCN(C(=O)OC(C)(C)C)C[C@H]3C)c2)c(NC(=O)OCc2ccc(NC(=O)[C@H](CCCNC(N)=O)NC(=O)C3(C(=O)[O-])CCC3)cc2)nn1.[Li+]. The minimum absolute atomic E-state index is 0. The van der Waals surface area contributed by atoms with Gasteiger partial charge < -0.3 is 70.0 Å². The fourth-order valence-electron chi connectivity index (χ4n) is 10.3. The number of carbonyl (C=O) groups excluding carboxylic acids is 6. The van der Waals surface area contributed by atoms with Gasteiger partial charge in [0.1, 0.15) is 30.6 Å². The first kappa shape index (κ1) is 60.3. The molecular formula is C55H71LiN12O12. The number of aliphatic carboxylic acids is 1. The number of para-hydroxylation sites is 1. The van der Waals surface area contributed by atoms with Gasteiger partial charge in [0.2, 0.25) is 17.7 Å². The summed E-state index contributed by atoms with van der Waals surface area (Å²) in [6.07, 6.45) is 3.64. The predicted molar refractivity (Wildman–Crippen MR) is 289 cm³/mol. The summed E-state index contributed by atoms with van der Waals surface area (Å²) in [5, 5.41) is 31.6. The summed E-state index contributed by atoms with van der Waals surface area (Å²) in [6.45, 7) is 11.9. The van der Waals surface area contributed by atoms with Crippen LogP contribution in [-0.2, 0) is 35.2 Å². The number of fused-ring (bicyclic) bond motifs is 2. The number of primary amides is 1. The van der Waals surface area contributed by atoms with Crippen LogP contribution in [0.2, 0.25) is 0 Å². The van der Waals surface area contributed by atoms with Crippen LogP contribution in [0.15, 0.2) is 72.9 Å². The van der Waals surface area contributed by atoms with E-state index in [1.807, 2.05) is 63.2 Å². The van der Waals surface area contributed by atoms with E-state index in [0.29, 0.717) is 92.1 Å². The molecule has 4 aliphatic rings. The molecule has 2 aromatic heterocycles.